The van der Waals surface area contributed by atoms with Crippen LogP contribution in [0.1, 0.15) is 31.8 Å². The van der Waals surface area contributed by atoms with Crippen LogP contribution in [0, 0.1) is 0 Å². The molecule has 0 radical (unpaired) electrons. The largest absolute Gasteiger partial charge is 0.298 e. The average Bonchev–Trinajstić information content (AvgIpc) is 2.40. The third-order valence-electron chi connectivity index (χ3n) is 2.61. The maximum atomic E-state index is 10.7. The summed E-state index contributed by atoms with van der Waals surface area (Å²) in [5, 5.41) is 0. The van der Waals surface area contributed by atoms with Crippen LogP contribution in [0.4, 0.5) is 0 Å². The van der Waals surface area contributed by atoms with E-state index in [0.29, 0.717) is 11.1 Å². The monoisotopic (exact) mass is 224 g/mol. The molecule has 2 aromatic carbocycles. The summed E-state index contributed by atoms with van der Waals surface area (Å²) in [6.07, 6.45) is 2.44. The van der Waals surface area contributed by atoms with E-state index in [-0.39, 0.29) is 0 Å². The van der Waals surface area contributed by atoms with Crippen molar-refractivity contribution in [1.29, 1.82) is 0 Å². The van der Waals surface area contributed by atoms with Gasteiger partial charge >= 0.3 is 0 Å². The van der Waals surface area contributed by atoms with E-state index >= 15 is 0 Å². The summed E-state index contributed by atoms with van der Waals surface area (Å²) < 4.78 is 0. The summed E-state index contributed by atoms with van der Waals surface area (Å²) in [7, 11) is 0. The van der Waals surface area contributed by atoms with Gasteiger partial charge < -0.3 is 0 Å². The zero-order valence-electron chi connectivity index (χ0n) is 9.30. The van der Waals surface area contributed by atoms with Gasteiger partial charge in [0.1, 0.15) is 12.6 Å². The molecule has 17 heavy (non-hydrogen) atoms. The van der Waals surface area contributed by atoms with E-state index in [1.165, 1.54) is 0 Å². The molecule has 2 rings (SSSR count). The van der Waals surface area contributed by atoms with Crippen LogP contribution < -0.4 is 0 Å². The number of rotatable bonds is 4. The minimum absolute atomic E-state index is 0.676. The molecule has 0 fully saturated rings. The van der Waals surface area contributed by atoms with Gasteiger partial charge in [-0.25, -0.2) is 0 Å². The maximum Gasteiger partial charge on any atom is 0.150 e. The lowest BCUT2D eigenvalue weighted by Crippen LogP contribution is -1.90. The van der Waals surface area contributed by atoms with E-state index in [9.17, 15) is 9.59 Å². The number of hydrogen-bond donors (Lipinski definition) is 0. The number of carbonyl (C=O) groups excluding carboxylic acids is 2. The topological polar surface area (TPSA) is 34.1 Å². The van der Waals surface area contributed by atoms with E-state index in [1.54, 1.807) is 18.2 Å². The predicted molar refractivity (Wildman–Crippen MR) is 66.5 cm³/mol. The molecule has 2 aromatic rings. The fourth-order valence-electron chi connectivity index (χ4n) is 1.73. The standard InChI is InChI=1S/C15H12O2/c16-10-13-6-4-12(5-7-13)8-14-2-1-3-15(9-14)11-17/h1-7,9-11H,8H2. The molecule has 0 aromatic heterocycles. The Labute approximate surface area is 99.9 Å². The van der Waals surface area contributed by atoms with Gasteiger partial charge in [-0.3, -0.25) is 9.59 Å². The molecule has 0 aliphatic carbocycles. The van der Waals surface area contributed by atoms with Gasteiger partial charge in [0, 0.05) is 11.1 Å². The molecule has 0 bridgehead atoms. The summed E-state index contributed by atoms with van der Waals surface area (Å²) in [5.41, 5.74) is 3.58. The van der Waals surface area contributed by atoms with E-state index in [1.807, 2.05) is 30.3 Å². The number of aldehydes is 2. The van der Waals surface area contributed by atoms with Crippen LogP contribution in [0.3, 0.4) is 0 Å². The molecule has 0 unspecified atom stereocenters. The summed E-state index contributed by atoms with van der Waals surface area (Å²) in [5.74, 6) is 0. The number of benzene rings is 2. The van der Waals surface area contributed by atoms with Crippen LogP contribution >= 0.6 is 0 Å². The molecule has 0 spiro atoms. The lowest BCUT2D eigenvalue weighted by molar-refractivity contribution is 0.111. The highest BCUT2D eigenvalue weighted by atomic mass is 16.1. The normalized spacial score (nSPS) is 9.88. The molecule has 0 N–H and O–H groups in total. The van der Waals surface area contributed by atoms with Crippen molar-refractivity contribution in [3.63, 3.8) is 0 Å². The van der Waals surface area contributed by atoms with Crippen LogP contribution in [0.15, 0.2) is 48.5 Å². The minimum atomic E-state index is 0.676. The van der Waals surface area contributed by atoms with Crippen molar-refractivity contribution < 1.29 is 9.59 Å². The smallest absolute Gasteiger partial charge is 0.150 e. The van der Waals surface area contributed by atoms with E-state index in [2.05, 4.69) is 0 Å². The zero-order chi connectivity index (χ0) is 12.1. The average molecular weight is 224 g/mol. The van der Waals surface area contributed by atoms with E-state index < -0.39 is 0 Å². The third kappa shape index (κ3) is 2.88. The quantitative estimate of drug-likeness (QED) is 0.748. The van der Waals surface area contributed by atoms with Crippen LogP contribution in [0.5, 0.6) is 0 Å². The lowest BCUT2D eigenvalue weighted by atomic mass is 10.0. The molecule has 84 valence electrons. The van der Waals surface area contributed by atoms with Gasteiger partial charge in [0.2, 0.25) is 0 Å². The first-order chi connectivity index (χ1) is 8.31. The highest BCUT2D eigenvalue weighted by molar-refractivity contribution is 5.75. The number of hydrogen-bond acceptors (Lipinski definition) is 2. The van der Waals surface area contributed by atoms with Crippen LogP contribution in [-0.4, -0.2) is 12.6 Å². The van der Waals surface area contributed by atoms with Crippen molar-refractivity contribution in [3.05, 3.63) is 70.8 Å². The summed E-state index contributed by atoms with van der Waals surface area (Å²) in [6, 6.07) is 15.0. The number of carbonyl (C=O) groups is 2. The molecule has 0 heterocycles. The Balaban J connectivity index is 2.18. The first-order valence-corrected chi connectivity index (χ1v) is 5.40. The Morgan fingerprint density at radius 3 is 2.12 bits per heavy atom. The van der Waals surface area contributed by atoms with Gasteiger partial charge in [0.25, 0.3) is 0 Å². The van der Waals surface area contributed by atoms with E-state index in [0.717, 1.165) is 30.1 Å². The van der Waals surface area contributed by atoms with Crippen molar-refractivity contribution in [3.8, 4) is 0 Å². The summed E-state index contributed by atoms with van der Waals surface area (Å²) in [6.45, 7) is 0. The third-order valence-corrected chi connectivity index (χ3v) is 2.61. The molecule has 2 heteroatoms. The molecule has 2 nitrogen and oxygen atoms in total. The van der Waals surface area contributed by atoms with Gasteiger partial charge in [0.05, 0.1) is 0 Å². The molecule has 0 saturated heterocycles. The maximum absolute atomic E-state index is 10.7. The Bertz CT molecular complexity index is 527. The van der Waals surface area contributed by atoms with Crippen LogP contribution in [-0.2, 0) is 6.42 Å². The molecule has 0 saturated carbocycles. The summed E-state index contributed by atoms with van der Waals surface area (Å²) in [4.78, 5) is 21.2. The fraction of sp³-hybridized carbons (Fsp3) is 0.0667. The van der Waals surface area contributed by atoms with Crippen LogP contribution in [0.2, 0.25) is 0 Å². The molecule has 0 amide bonds. The van der Waals surface area contributed by atoms with Crippen molar-refractivity contribution in [2.45, 2.75) is 6.42 Å². The van der Waals surface area contributed by atoms with Crippen molar-refractivity contribution >= 4 is 12.6 Å². The second-order valence-electron chi connectivity index (χ2n) is 3.90. The first kappa shape index (κ1) is 11.3. The predicted octanol–water partition coefficient (Wildman–Crippen LogP) is 2.90. The van der Waals surface area contributed by atoms with Gasteiger partial charge in [0.15, 0.2) is 0 Å². The van der Waals surface area contributed by atoms with Gasteiger partial charge in [-0.05, 0) is 23.6 Å². The Hall–Kier alpha value is -2.22. The molecule has 0 atom stereocenters. The molecular formula is C15H12O2. The summed E-state index contributed by atoms with van der Waals surface area (Å²) >= 11 is 0. The van der Waals surface area contributed by atoms with E-state index in [4.69, 9.17) is 0 Å². The minimum Gasteiger partial charge on any atom is -0.298 e. The lowest BCUT2D eigenvalue weighted by Gasteiger charge is -2.02. The molecule has 0 aliphatic rings. The highest BCUT2D eigenvalue weighted by Gasteiger charge is 1.98. The Morgan fingerprint density at radius 2 is 1.47 bits per heavy atom. The second kappa shape index (κ2) is 5.21. The van der Waals surface area contributed by atoms with Gasteiger partial charge in [-0.15, -0.1) is 0 Å². The SMILES string of the molecule is O=Cc1ccc(Cc2cccc(C=O)c2)cc1. The second-order valence-corrected chi connectivity index (χ2v) is 3.90. The van der Waals surface area contributed by atoms with Crippen molar-refractivity contribution in [2.24, 2.45) is 0 Å². The molecule has 0 aliphatic heterocycles. The van der Waals surface area contributed by atoms with Crippen LogP contribution in [0.25, 0.3) is 0 Å². The fourth-order valence-corrected chi connectivity index (χ4v) is 1.73. The molecular weight excluding hydrogens is 212 g/mol. The van der Waals surface area contributed by atoms with Crippen molar-refractivity contribution in [1.82, 2.24) is 0 Å². The van der Waals surface area contributed by atoms with Gasteiger partial charge in [-0.2, -0.15) is 0 Å². The highest BCUT2D eigenvalue weighted by Crippen LogP contribution is 2.11. The first-order valence-electron chi connectivity index (χ1n) is 5.40. The Kier molecular flexibility index (Phi) is 3.46. The van der Waals surface area contributed by atoms with Gasteiger partial charge in [-0.1, -0.05) is 42.5 Å². The van der Waals surface area contributed by atoms with Crippen molar-refractivity contribution in [2.75, 3.05) is 0 Å². The Morgan fingerprint density at radius 1 is 0.765 bits per heavy atom. The zero-order valence-corrected chi connectivity index (χ0v) is 9.30.